The van der Waals surface area contributed by atoms with Crippen LogP contribution in [0.2, 0.25) is 0 Å². The molecule has 0 aliphatic heterocycles. The summed E-state index contributed by atoms with van der Waals surface area (Å²) in [6.07, 6.45) is 3.26. The van der Waals surface area contributed by atoms with Crippen LogP contribution in [0.1, 0.15) is 32.9 Å². The van der Waals surface area contributed by atoms with Gasteiger partial charge in [0.05, 0.1) is 36.0 Å². The molecule has 7 heteroatoms. The number of hydrogen-bond acceptors (Lipinski definition) is 6. The molecule has 0 radical (unpaired) electrons. The van der Waals surface area contributed by atoms with Crippen molar-refractivity contribution >= 4 is 17.0 Å². The molecule has 0 aliphatic rings. The van der Waals surface area contributed by atoms with E-state index in [0.29, 0.717) is 23.5 Å². The molecule has 3 aromatic heterocycles. The Balaban J connectivity index is 1.86. The molecular formula is C18H20N4O3. The highest BCUT2D eigenvalue weighted by Gasteiger charge is 2.18. The molecule has 0 saturated carbocycles. The number of amides is 1. The second-order valence-corrected chi connectivity index (χ2v) is 6.05. The first kappa shape index (κ1) is 16.9. The van der Waals surface area contributed by atoms with E-state index >= 15 is 0 Å². The first-order valence-corrected chi connectivity index (χ1v) is 7.89. The van der Waals surface area contributed by atoms with Gasteiger partial charge in [0.15, 0.2) is 0 Å². The zero-order valence-electron chi connectivity index (χ0n) is 15.0. The summed E-state index contributed by atoms with van der Waals surface area (Å²) in [5, 5.41) is 4.60. The van der Waals surface area contributed by atoms with Gasteiger partial charge in [-0.2, -0.15) is 0 Å². The van der Waals surface area contributed by atoms with Crippen LogP contribution in [0.3, 0.4) is 0 Å². The minimum absolute atomic E-state index is 0.143. The Morgan fingerprint density at radius 1 is 1.24 bits per heavy atom. The van der Waals surface area contributed by atoms with Gasteiger partial charge in [0, 0.05) is 30.6 Å². The van der Waals surface area contributed by atoms with Gasteiger partial charge in [-0.25, -0.2) is 4.98 Å². The van der Waals surface area contributed by atoms with Crippen LogP contribution in [0, 0.1) is 20.8 Å². The van der Waals surface area contributed by atoms with Gasteiger partial charge in [-0.05, 0) is 26.8 Å². The van der Waals surface area contributed by atoms with Gasteiger partial charge in [0.2, 0.25) is 0 Å². The lowest BCUT2D eigenvalue weighted by molar-refractivity contribution is 0.0783. The highest BCUT2D eigenvalue weighted by molar-refractivity contribution is 5.96. The molecular weight excluding hydrogens is 320 g/mol. The Kier molecular flexibility index (Phi) is 4.39. The lowest BCUT2D eigenvalue weighted by Crippen LogP contribution is -2.27. The van der Waals surface area contributed by atoms with E-state index in [1.807, 2.05) is 20.8 Å². The number of nitrogens with zero attached hydrogens (tertiary/aromatic N) is 4. The lowest BCUT2D eigenvalue weighted by atomic mass is 10.1. The highest BCUT2D eigenvalue weighted by atomic mass is 16.5. The Labute approximate surface area is 145 Å². The smallest absolute Gasteiger partial charge is 0.257 e. The van der Waals surface area contributed by atoms with Gasteiger partial charge in [-0.3, -0.25) is 9.78 Å². The minimum Gasteiger partial charge on any atom is -0.496 e. The quantitative estimate of drug-likeness (QED) is 0.726. The van der Waals surface area contributed by atoms with Gasteiger partial charge in [0.1, 0.15) is 5.75 Å². The molecule has 1 amide bonds. The number of fused-ring (bicyclic) bond motifs is 1. The molecule has 0 fully saturated rings. The molecule has 0 spiro atoms. The second-order valence-electron chi connectivity index (χ2n) is 6.05. The van der Waals surface area contributed by atoms with E-state index in [0.717, 1.165) is 28.0 Å². The molecule has 3 aromatic rings. The molecule has 25 heavy (non-hydrogen) atoms. The van der Waals surface area contributed by atoms with Crippen molar-refractivity contribution in [1.29, 1.82) is 0 Å². The number of aryl methyl sites for hydroxylation is 2. The Morgan fingerprint density at radius 2 is 2.00 bits per heavy atom. The van der Waals surface area contributed by atoms with Gasteiger partial charge in [-0.15, -0.1) is 0 Å². The summed E-state index contributed by atoms with van der Waals surface area (Å²) in [6.45, 7) is 6.08. The van der Waals surface area contributed by atoms with E-state index in [1.54, 1.807) is 31.3 Å². The molecule has 0 saturated heterocycles. The first-order valence-electron chi connectivity index (χ1n) is 7.89. The fourth-order valence-electron chi connectivity index (χ4n) is 2.81. The summed E-state index contributed by atoms with van der Waals surface area (Å²) in [5.74, 6) is 0.657. The fraction of sp³-hybridized carbons (Fsp3) is 0.333. The summed E-state index contributed by atoms with van der Waals surface area (Å²) >= 11 is 0. The van der Waals surface area contributed by atoms with Crippen molar-refractivity contribution in [3.8, 4) is 5.75 Å². The molecule has 0 aromatic carbocycles. The highest BCUT2D eigenvalue weighted by Crippen LogP contribution is 2.25. The molecule has 0 N–H and O–H groups in total. The number of aromatic nitrogens is 3. The number of carbonyl (C=O) groups excluding carboxylic acids is 1. The molecule has 0 aliphatic carbocycles. The lowest BCUT2D eigenvalue weighted by Gasteiger charge is -2.19. The van der Waals surface area contributed by atoms with E-state index in [2.05, 4.69) is 15.1 Å². The van der Waals surface area contributed by atoms with E-state index in [4.69, 9.17) is 9.26 Å². The number of hydrogen-bond donors (Lipinski definition) is 0. The number of ether oxygens (including phenoxy) is 1. The summed E-state index contributed by atoms with van der Waals surface area (Å²) in [7, 11) is 3.37. The van der Waals surface area contributed by atoms with Gasteiger partial charge in [-0.1, -0.05) is 5.16 Å². The minimum atomic E-state index is -0.143. The van der Waals surface area contributed by atoms with E-state index in [1.165, 1.54) is 6.20 Å². The summed E-state index contributed by atoms with van der Waals surface area (Å²) in [5.41, 5.74) is 4.32. The van der Waals surface area contributed by atoms with E-state index < -0.39 is 0 Å². The van der Waals surface area contributed by atoms with Gasteiger partial charge >= 0.3 is 0 Å². The van der Waals surface area contributed by atoms with Crippen LogP contribution in [-0.4, -0.2) is 40.1 Å². The number of pyridine rings is 2. The second kappa shape index (κ2) is 6.51. The van der Waals surface area contributed by atoms with Crippen LogP contribution in [0.25, 0.3) is 11.1 Å². The number of carbonyl (C=O) groups is 1. The molecule has 0 unspecified atom stereocenters. The molecule has 7 nitrogen and oxygen atoms in total. The zero-order chi connectivity index (χ0) is 18.1. The number of rotatable bonds is 4. The van der Waals surface area contributed by atoms with Crippen LogP contribution in [0.15, 0.2) is 23.0 Å². The monoisotopic (exact) mass is 340 g/mol. The topological polar surface area (TPSA) is 81.4 Å². The van der Waals surface area contributed by atoms with Crippen molar-refractivity contribution in [2.45, 2.75) is 27.3 Å². The molecule has 130 valence electrons. The summed E-state index contributed by atoms with van der Waals surface area (Å²) in [6, 6.07) is 1.75. The maximum atomic E-state index is 12.7. The predicted molar refractivity (Wildman–Crippen MR) is 92.6 cm³/mol. The van der Waals surface area contributed by atoms with Gasteiger partial charge in [0.25, 0.3) is 11.6 Å². The van der Waals surface area contributed by atoms with Crippen LogP contribution in [0.5, 0.6) is 5.75 Å². The maximum Gasteiger partial charge on any atom is 0.257 e. The van der Waals surface area contributed by atoms with Crippen molar-refractivity contribution in [1.82, 2.24) is 20.0 Å². The Bertz CT molecular complexity index is 949. The molecule has 0 atom stereocenters. The van der Waals surface area contributed by atoms with E-state index in [9.17, 15) is 4.79 Å². The largest absolute Gasteiger partial charge is 0.496 e. The number of methoxy groups -OCH3 is 1. The average Bonchev–Trinajstić information content (AvgIpc) is 2.97. The van der Waals surface area contributed by atoms with Crippen LogP contribution < -0.4 is 4.74 Å². The van der Waals surface area contributed by atoms with Crippen molar-refractivity contribution in [3.05, 3.63) is 46.5 Å². The third-order valence-corrected chi connectivity index (χ3v) is 4.24. The molecule has 3 rings (SSSR count). The zero-order valence-corrected chi connectivity index (χ0v) is 15.0. The predicted octanol–water partition coefficient (Wildman–Crippen LogP) is 2.82. The van der Waals surface area contributed by atoms with Crippen molar-refractivity contribution < 1.29 is 14.1 Å². The van der Waals surface area contributed by atoms with Crippen LogP contribution >= 0.6 is 0 Å². The molecule has 3 heterocycles. The third kappa shape index (κ3) is 3.05. The van der Waals surface area contributed by atoms with E-state index in [-0.39, 0.29) is 5.91 Å². The van der Waals surface area contributed by atoms with Crippen molar-refractivity contribution in [2.24, 2.45) is 0 Å². The van der Waals surface area contributed by atoms with Crippen LogP contribution in [0.4, 0.5) is 0 Å². The average molecular weight is 340 g/mol. The summed E-state index contributed by atoms with van der Waals surface area (Å²) < 4.78 is 10.5. The Morgan fingerprint density at radius 3 is 2.72 bits per heavy atom. The third-order valence-electron chi connectivity index (χ3n) is 4.24. The standard InChI is InChI=1S/C18H20N4O3/c1-10-7-19-15(11(2)16(10)24-5)9-22(4)18(23)13-6-14-12(3)21-25-17(14)20-8-13/h6-8H,9H2,1-5H3. The maximum absolute atomic E-state index is 12.7. The normalized spacial score (nSPS) is 10.9. The van der Waals surface area contributed by atoms with Crippen LogP contribution in [-0.2, 0) is 6.54 Å². The fourth-order valence-corrected chi connectivity index (χ4v) is 2.81. The SMILES string of the molecule is COc1c(C)cnc(CN(C)C(=O)c2cnc3onc(C)c3c2)c1C. The van der Waals surface area contributed by atoms with Gasteiger partial charge < -0.3 is 14.2 Å². The van der Waals surface area contributed by atoms with Crippen molar-refractivity contribution in [3.63, 3.8) is 0 Å². The molecule has 0 bridgehead atoms. The van der Waals surface area contributed by atoms with Crippen molar-refractivity contribution in [2.75, 3.05) is 14.2 Å². The summed E-state index contributed by atoms with van der Waals surface area (Å²) in [4.78, 5) is 22.9. The Hall–Kier alpha value is -2.96. The first-order chi connectivity index (χ1) is 11.9.